The minimum absolute atomic E-state index is 0.0370. The number of rotatable bonds is 10. The molecule has 7 fully saturated rings. The molecule has 7 aliphatic rings. The third-order valence-electron chi connectivity index (χ3n) is 8.13. The van der Waals surface area contributed by atoms with E-state index in [0.29, 0.717) is 35.7 Å². The first-order valence-electron chi connectivity index (χ1n) is 16.6. The van der Waals surface area contributed by atoms with E-state index in [1.165, 1.54) is 30.1 Å². The van der Waals surface area contributed by atoms with Gasteiger partial charge < -0.3 is 15.6 Å². The molecule has 9 nitrogen and oxygen atoms in total. The summed E-state index contributed by atoms with van der Waals surface area (Å²) in [6, 6.07) is 2.18. The first-order valence-corrected chi connectivity index (χ1v) is 24.7. The summed E-state index contributed by atoms with van der Waals surface area (Å²) < 4.78 is 4.51. The number of carboxylic acid groups (broad SMARTS) is 1. The number of carbonyl (C=O) groups excluding carboxylic acids is 4. The van der Waals surface area contributed by atoms with Crippen molar-refractivity contribution in [2.75, 3.05) is 87.6 Å². The second-order valence-electron chi connectivity index (χ2n) is 12.6. The van der Waals surface area contributed by atoms with Crippen molar-refractivity contribution in [2.24, 2.45) is 47.2 Å². The van der Waals surface area contributed by atoms with Crippen molar-refractivity contribution < 1.29 is 33.8 Å². The average Bonchev–Trinajstić information content (AvgIpc) is 2.88. The van der Waals surface area contributed by atoms with Crippen LogP contribution in [0, 0.1) is 52.8 Å². The molecular formula is C33H52N2O7S7. The number of nitriles is 1. The number of amides is 1. The van der Waals surface area contributed by atoms with Crippen LogP contribution in [0.25, 0.3) is 0 Å². The molecule has 0 aromatic heterocycles. The van der Waals surface area contributed by atoms with Crippen molar-refractivity contribution in [3.8, 4) is 6.07 Å². The summed E-state index contributed by atoms with van der Waals surface area (Å²) in [5.74, 6) is 18.1. The largest absolute Gasteiger partial charge is 0.481 e. The third kappa shape index (κ3) is 19.4. The molecule has 7 aliphatic heterocycles. The van der Waals surface area contributed by atoms with Crippen molar-refractivity contribution in [1.29, 1.82) is 5.26 Å². The minimum atomic E-state index is -0.640. The fourth-order valence-electron chi connectivity index (χ4n) is 4.05. The number of hydrogen-bond donors (Lipinski definition) is 2. The van der Waals surface area contributed by atoms with Crippen LogP contribution in [0.2, 0.25) is 0 Å². The summed E-state index contributed by atoms with van der Waals surface area (Å²) >= 11 is 13.0. The van der Waals surface area contributed by atoms with Crippen LogP contribution in [0.15, 0.2) is 0 Å². The van der Waals surface area contributed by atoms with Gasteiger partial charge in [-0.15, -0.1) is 0 Å². The number of nitrogens with two attached hydrogens (primary N) is 1. The van der Waals surface area contributed by atoms with Crippen molar-refractivity contribution >= 4 is 112 Å². The van der Waals surface area contributed by atoms with Gasteiger partial charge in [-0.2, -0.15) is 87.6 Å². The minimum Gasteiger partial charge on any atom is -0.481 e. The molecule has 3 N–H and O–H groups in total. The van der Waals surface area contributed by atoms with E-state index in [1.54, 1.807) is 23.5 Å². The first kappa shape index (κ1) is 44.8. The van der Waals surface area contributed by atoms with Gasteiger partial charge in [0.05, 0.1) is 30.9 Å². The molecule has 7 saturated heterocycles. The molecule has 0 aromatic rings. The van der Waals surface area contributed by atoms with Gasteiger partial charge in [0.2, 0.25) is 5.91 Å². The van der Waals surface area contributed by atoms with E-state index < -0.39 is 5.97 Å². The molecule has 1 amide bonds. The molecule has 0 saturated carbocycles. The molecule has 0 bridgehead atoms. The lowest BCUT2D eigenvalue weighted by molar-refractivity contribution is -0.142. The Kier molecular flexibility index (Phi) is 24.2. The Balaban J connectivity index is 0.000000207. The van der Waals surface area contributed by atoms with Crippen LogP contribution in [-0.2, 0) is 28.7 Å². The zero-order valence-electron chi connectivity index (χ0n) is 28.5. The molecule has 278 valence electrons. The van der Waals surface area contributed by atoms with Gasteiger partial charge in [-0.05, 0) is 52.3 Å². The quantitative estimate of drug-likeness (QED) is 0.268. The number of carbonyl (C=O) groups is 5. The predicted octanol–water partition coefficient (Wildman–Crippen LogP) is 5.44. The van der Waals surface area contributed by atoms with E-state index >= 15 is 0 Å². The summed E-state index contributed by atoms with van der Waals surface area (Å²) in [4.78, 5) is 53.0. The molecule has 7 rings (SSSR count). The maximum absolute atomic E-state index is 11.4. The van der Waals surface area contributed by atoms with E-state index in [-0.39, 0.29) is 23.7 Å². The van der Waals surface area contributed by atoms with Crippen molar-refractivity contribution in [1.82, 2.24) is 0 Å². The Hall–Kier alpha value is -0.310. The van der Waals surface area contributed by atoms with E-state index in [0.717, 1.165) is 88.6 Å². The molecule has 0 atom stereocenters. The summed E-state index contributed by atoms with van der Waals surface area (Å²) in [5, 5.41) is 16.3. The smallest absolute Gasteiger partial charge is 0.308 e. The van der Waals surface area contributed by atoms with E-state index in [2.05, 4.69) is 10.8 Å². The van der Waals surface area contributed by atoms with Crippen LogP contribution in [-0.4, -0.2) is 122 Å². The highest BCUT2D eigenvalue weighted by molar-refractivity contribution is 8.01. The zero-order chi connectivity index (χ0) is 36.0. The molecule has 0 unspecified atom stereocenters. The number of ketones is 2. The fourth-order valence-corrected chi connectivity index (χ4v) is 9.49. The number of aliphatic carboxylic acids is 1. The average molecular weight is 813 g/mol. The first-order chi connectivity index (χ1) is 23.6. The molecule has 7 heterocycles. The van der Waals surface area contributed by atoms with Crippen molar-refractivity contribution in [3.63, 3.8) is 0 Å². The standard InChI is InChI=1S/C9H14OS2.C6H10O2S.C6H10OS.C4H7NOS.C4H5NS.C4H6O2S/c10-9(1-7-3-11-4-7)2-8-5-12-6-8;1-8-6(7)2-5-3-9-4-5;1-2-6(7)5-3-8-4-5;5-4(6)3-1-7-2-3;5-1-4-2-6-3-4;5-4(6)3-1-7-2-3/h7-8H,1-6H2;5H,2-4H2,1H3;5H,2-4H2,1H3;3H,1-2H2,(H2,5,6);4H,2-3H2;3H,1-2H2,(H,5,6). The van der Waals surface area contributed by atoms with Gasteiger partial charge in [0.1, 0.15) is 11.6 Å². The number of carboxylic acids is 1. The number of primary amides is 1. The number of thioether (sulfide) groups is 7. The highest BCUT2D eigenvalue weighted by Crippen LogP contribution is 2.32. The lowest BCUT2D eigenvalue weighted by atomic mass is 9.98. The Labute approximate surface area is 322 Å². The maximum Gasteiger partial charge on any atom is 0.308 e. The summed E-state index contributed by atoms with van der Waals surface area (Å²) in [6.45, 7) is 1.94. The topological polar surface area (TPSA) is 165 Å². The van der Waals surface area contributed by atoms with Crippen molar-refractivity contribution in [3.05, 3.63) is 0 Å². The van der Waals surface area contributed by atoms with Gasteiger partial charge in [0.25, 0.3) is 0 Å². The van der Waals surface area contributed by atoms with Gasteiger partial charge >= 0.3 is 11.9 Å². The molecular weight excluding hydrogens is 761 g/mol. The predicted molar refractivity (Wildman–Crippen MR) is 214 cm³/mol. The van der Waals surface area contributed by atoms with Crippen LogP contribution in [0.1, 0.15) is 32.6 Å². The number of ether oxygens (including phenoxy) is 1. The summed E-state index contributed by atoms with van der Waals surface area (Å²) in [7, 11) is 1.44. The number of methoxy groups -OCH3 is 1. The number of nitrogens with zero attached hydrogens (tertiary/aromatic N) is 1. The molecule has 0 spiro atoms. The second kappa shape index (κ2) is 26.5. The van der Waals surface area contributed by atoms with Crippen molar-refractivity contribution in [2.45, 2.75) is 32.6 Å². The lowest BCUT2D eigenvalue weighted by Crippen LogP contribution is -2.33. The van der Waals surface area contributed by atoms with Crippen LogP contribution in [0.5, 0.6) is 0 Å². The number of hydrogen-bond acceptors (Lipinski definition) is 14. The Morgan fingerprint density at radius 3 is 1.18 bits per heavy atom. The van der Waals surface area contributed by atoms with Gasteiger partial charge in [-0.3, -0.25) is 24.0 Å². The Morgan fingerprint density at radius 1 is 0.653 bits per heavy atom. The van der Waals surface area contributed by atoms with E-state index in [1.807, 2.05) is 65.7 Å². The molecule has 0 aromatic carbocycles. The SMILES string of the molecule is CCC(=O)C1CSC1.COC(=O)CC1CSC1.N#CC1CSC1.NC(=O)C1CSC1.O=C(CC1CSC1)CC1CSC1.O=C(O)C1CSC1. The monoisotopic (exact) mass is 812 g/mol. The highest BCUT2D eigenvalue weighted by Gasteiger charge is 2.27. The summed E-state index contributed by atoms with van der Waals surface area (Å²) in [5.41, 5.74) is 4.95. The van der Waals surface area contributed by atoms with Crippen LogP contribution in [0.4, 0.5) is 0 Å². The Morgan fingerprint density at radius 2 is 1.04 bits per heavy atom. The Bertz CT molecular complexity index is 1030. The normalized spacial score (nSPS) is 21.5. The van der Waals surface area contributed by atoms with Crippen LogP contribution >= 0.6 is 82.3 Å². The zero-order valence-corrected chi connectivity index (χ0v) is 34.3. The van der Waals surface area contributed by atoms with Gasteiger partial charge in [0, 0.05) is 77.6 Å². The summed E-state index contributed by atoms with van der Waals surface area (Å²) in [6.07, 6.45) is 3.08. The fraction of sp³-hybridized carbons (Fsp3) is 0.818. The van der Waals surface area contributed by atoms with E-state index in [4.69, 9.17) is 16.1 Å². The third-order valence-corrected chi connectivity index (χ3v) is 17.5. The number of Topliss-reactive ketones (excluding diaryl/α,β-unsaturated/α-hetero) is 2. The van der Waals surface area contributed by atoms with Gasteiger partial charge in [-0.1, -0.05) is 6.92 Å². The van der Waals surface area contributed by atoms with Gasteiger partial charge in [-0.25, -0.2) is 0 Å². The molecule has 16 heteroatoms. The van der Waals surface area contributed by atoms with Crippen LogP contribution in [0.3, 0.4) is 0 Å². The molecule has 0 radical (unpaired) electrons. The van der Waals surface area contributed by atoms with Gasteiger partial charge in [0.15, 0.2) is 0 Å². The maximum atomic E-state index is 11.4. The van der Waals surface area contributed by atoms with E-state index in [9.17, 15) is 24.0 Å². The van der Waals surface area contributed by atoms with Crippen LogP contribution < -0.4 is 5.73 Å². The molecule has 0 aliphatic carbocycles. The molecule has 49 heavy (non-hydrogen) atoms. The number of esters is 1. The highest BCUT2D eigenvalue weighted by atomic mass is 32.2. The second-order valence-corrected chi connectivity index (χ2v) is 20.1. The lowest BCUT2D eigenvalue weighted by Gasteiger charge is -2.27.